The number of carbonyl (C=O) groups is 2. The van der Waals surface area contributed by atoms with E-state index in [0.717, 1.165) is 18.5 Å². The molecule has 1 aliphatic rings. The summed E-state index contributed by atoms with van der Waals surface area (Å²) >= 11 is 1.31. The molecule has 1 aliphatic heterocycles. The van der Waals surface area contributed by atoms with Gasteiger partial charge < -0.3 is 13.8 Å². The summed E-state index contributed by atoms with van der Waals surface area (Å²) in [6.45, 7) is 2.18. The Bertz CT molecular complexity index is 637. The van der Waals surface area contributed by atoms with Crippen molar-refractivity contribution in [2.24, 2.45) is 0 Å². The third kappa shape index (κ3) is 8.37. The van der Waals surface area contributed by atoms with E-state index in [-0.39, 0.29) is 11.9 Å². The van der Waals surface area contributed by atoms with E-state index in [1.807, 2.05) is 5.38 Å². The predicted octanol–water partition coefficient (Wildman–Crippen LogP) is 5.38. The number of carbonyl (C=O) groups excluding carboxylic acids is 2. The Kier molecular flexibility index (Phi) is 9.73. The van der Waals surface area contributed by atoms with Gasteiger partial charge >= 0.3 is 6.09 Å². The van der Waals surface area contributed by atoms with Crippen LogP contribution in [0.2, 0.25) is 0 Å². The average molecular weight is 414 g/mol. The summed E-state index contributed by atoms with van der Waals surface area (Å²) in [6.07, 6.45) is 9.83. The van der Waals surface area contributed by atoms with Gasteiger partial charge in [0.05, 0.1) is 31.3 Å². The fraction of sp³-hybridized carbons (Fsp3) is 0.611. The number of ketones is 1. The van der Waals surface area contributed by atoms with Crippen LogP contribution in [0.5, 0.6) is 0 Å². The van der Waals surface area contributed by atoms with Crippen LogP contribution in [0.4, 0.5) is 9.93 Å². The number of amides is 1. The lowest BCUT2D eigenvalue weighted by Crippen LogP contribution is -2.16. The normalized spacial score (nSPS) is 18.7. The molecule has 1 aromatic rings. The lowest BCUT2D eigenvalue weighted by Gasteiger charge is -2.24. The van der Waals surface area contributed by atoms with Crippen molar-refractivity contribution in [3.05, 3.63) is 23.4 Å². The molecule has 2 heterocycles. The number of unbranched alkanes of at least 4 members (excludes halogenated alkanes) is 4. The first-order valence-electron chi connectivity index (χ1n) is 9.19. The monoisotopic (exact) mass is 414 g/mol. The minimum Gasteiger partial charge on any atom is -0.455 e. The van der Waals surface area contributed by atoms with Gasteiger partial charge in [0.2, 0.25) is 8.38 Å². The lowest BCUT2D eigenvalue weighted by molar-refractivity contribution is -0.120. The van der Waals surface area contributed by atoms with Crippen LogP contribution >= 0.6 is 19.7 Å². The molecule has 0 saturated carbocycles. The van der Waals surface area contributed by atoms with Gasteiger partial charge in [-0.25, -0.2) is 9.78 Å². The molecule has 1 amide bonds. The maximum Gasteiger partial charge on any atom is 0.413 e. The van der Waals surface area contributed by atoms with Crippen LogP contribution in [0.1, 0.15) is 57.6 Å². The van der Waals surface area contributed by atoms with Crippen LogP contribution < -0.4 is 5.32 Å². The molecular formula is C18H27N2O5PS. The summed E-state index contributed by atoms with van der Waals surface area (Å²) in [6, 6.07) is 0. The number of ether oxygens (including phenoxy) is 1. The summed E-state index contributed by atoms with van der Waals surface area (Å²) in [5.74, 6) is 0.233. The van der Waals surface area contributed by atoms with Crippen LogP contribution in [-0.2, 0) is 24.7 Å². The van der Waals surface area contributed by atoms with Crippen molar-refractivity contribution in [1.82, 2.24) is 4.98 Å². The number of nitrogens with one attached hydrogen (secondary N) is 1. The zero-order valence-corrected chi connectivity index (χ0v) is 17.5. The van der Waals surface area contributed by atoms with E-state index in [1.165, 1.54) is 37.7 Å². The van der Waals surface area contributed by atoms with Gasteiger partial charge in [-0.15, -0.1) is 11.3 Å². The van der Waals surface area contributed by atoms with Crippen molar-refractivity contribution in [2.45, 2.75) is 64.1 Å². The third-order valence-corrected chi connectivity index (χ3v) is 6.20. The quantitative estimate of drug-likeness (QED) is 0.386. The van der Waals surface area contributed by atoms with Crippen LogP contribution in [0.25, 0.3) is 0 Å². The van der Waals surface area contributed by atoms with Gasteiger partial charge in [0.15, 0.2) is 5.13 Å². The van der Waals surface area contributed by atoms with Crippen molar-refractivity contribution in [1.29, 1.82) is 0 Å². The largest absolute Gasteiger partial charge is 0.455 e. The molecule has 9 heteroatoms. The van der Waals surface area contributed by atoms with Gasteiger partial charge in [-0.2, -0.15) is 0 Å². The molecule has 7 nitrogen and oxygen atoms in total. The minimum atomic E-state index is -1.19. The molecule has 0 bridgehead atoms. The van der Waals surface area contributed by atoms with E-state index in [0.29, 0.717) is 24.1 Å². The molecule has 2 unspecified atom stereocenters. The second-order valence-electron chi connectivity index (χ2n) is 6.24. The molecule has 0 spiro atoms. The second-order valence-corrected chi connectivity index (χ2v) is 8.50. The zero-order chi connectivity index (χ0) is 19.5. The van der Waals surface area contributed by atoms with Gasteiger partial charge in [0.25, 0.3) is 0 Å². The summed E-state index contributed by atoms with van der Waals surface area (Å²) in [4.78, 5) is 27.6. The van der Waals surface area contributed by atoms with E-state index >= 15 is 0 Å². The first-order chi connectivity index (χ1) is 13.1. The smallest absolute Gasteiger partial charge is 0.413 e. The third-order valence-electron chi connectivity index (χ3n) is 3.95. The van der Waals surface area contributed by atoms with Gasteiger partial charge in [-0.3, -0.25) is 10.1 Å². The van der Waals surface area contributed by atoms with E-state index in [4.69, 9.17) is 9.05 Å². The predicted molar refractivity (Wildman–Crippen MR) is 107 cm³/mol. The SMILES string of the molecule is CCCCCCCC(=O)CC1C=COP(Cc2csc(NC(=O)OC)n2)O1. The van der Waals surface area contributed by atoms with Crippen molar-refractivity contribution in [3.8, 4) is 0 Å². The van der Waals surface area contributed by atoms with E-state index in [9.17, 15) is 9.59 Å². The van der Waals surface area contributed by atoms with Crippen LogP contribution in [0.15, 0.2) is 17.7 Å². The van der Waals surface area contributed by atoms with E-state index in [2.05, 4.69) is 22.0 Å². The topological polar surface area (TPSA) is 86.8 Å². The Balaban J connectivity index is 1.72. The number of hydrogen-bond donors (Lipinski definition) is 1. The molecule has 0 fully saturated rings. The first kappa shape index (κ1) is 21.8. The maximum atomic E-state index is 12.1. The zero-order valence-electron chi connectivity index (χ0n) is 15.8. The number of Topliss-reactive ketones (excluding diaryl/α,β-unsaturated/α-hetero) is 1. The summed E-state index contributed by atoms with van der Waals surface area (Å²) < 4.78 is 16.0. The fourth-order valence-corrected chi connectivity index (χ4v) is 4.64. The highest BCUT2D eigenvalue weighted by Gasteiger charge is 2.24. The van der Waals surface area contributed by atoms with Crippen molar-refractivity contribution >= 4 is 36.7 Å². The number of nitrogens with zero attached hydrogens (tertiary/aromatic N) is 1. The van der Waals surface area contributed by atoms with Crippen LogP contribution in [-0.4, -0.2) is 30.1 Å². The summed E-state index contributed by atoms with van der Waals surface area (Å²) in [5.41, 5.74) is 0.772. The highest BCUT2D eigenvalue weighted by molar-refractivity contribution is 7.46. The average Bonchev–Trinajstić information content (AvgIpc) is 3.08. The van der Waals surface area contributed by atoms with Crippen molar-refractivity contribution < 1.29 is 23.4 Å². The molecular weight excluding hydrogens is 387 g/mol. The van der Waals surface area contributed by atoms with Gasteiger partial charge in [-0.05, 0) is 12.5 Å². The molecule has 0 saturated heterocycles. The Morgan fingerprint density at radius 2 is 2.15 bits per heavy atom. The molecule has 27 heavy (non-hydrogen) atoms. The van der Waals surface area contributed by atoms with E-state index in [1.54, 1.807) is 12.3 Å². The van der Waals surface area contributed by atoms with Crippen molar-refractivity contribution in [2.75, 3.05) is 12.4 Å². The number of thiazole rings is 1. The molecule has 0 radical (unpaired) electrons. The number of rotatable bonds is 11. The van der Waals surface area contributed by atoms with Gasteiger partial charge in [0.1, 0.15) is 5.78 Å². The Morgan fingerprint density at radius 1 is 1.33 bits per heavy atom. The molecule has 2 atom stereocenters. The lowest BCUT2D eigenvalue weighted by atomic mass is 10.1. The summed E-state index contributed by atoms with van der Waals surface area (Å²) in [7, 11) is 0.113. The van der Waals surface area contributed by atoms with E-state index < -0.39 is 14.5 Å². The second kappa shape index (κ2) is 12.1. The van der Waals surface area contributed by atoms with Crippen LogP contribution in [0, 0.1) is 0 Å². The van der Waals surface area contributed by atoms with Gasteiger partial charge in [0, 0.05) is 18.2 Å². The van der Waals surface area contributed by atoms with Crippen LogP contribution in [0.3, 0.4) is 0 Å². The molecule has 150 valence electrons. The molecule has 2 rings (SSSR count). The highest BCUT2D eigenvalue weighted by atomic mass is 32.1. The number of anilines is 1. The maximum absolute atomic E-state index is 12.1. The number of aromatic nitrogens is 1. The Hall–Kier alpha value is -1.50. The highest BCUT2D eigenvalue weighted by Crippen LogP contribution is 2.47. The molecule has 0 aliphatic carbocycles. The number of methoxy groups -OCH3 is 1. The van der Waals surface area contributed by atoms with Crippen molar-refractivity contribution in [3.63, 3.8) is 0 Å². The minimum absolute atomic E-state index is 0.233. The Morgan fingerprint density at radius 3 is 2.93 bits per heavy atom. The molecule has 1 N–H and O–H groups in total. The molecule has 1 aromatic heterocycles. The molecule has 0 aromatic carbocycles. The van der Waals surface area contributed by atoms with Gasteiger partial charge in [-0.1, -0.05) is 32.6 Å². The summed E-state index contributed by atoms with van der Waals surface area (Å²) in [5, 5.41) is 4.84. The first-order valence-corrected chi connectivity index (χ1v) is 11.4. The fourth-order valence-electron chi connectivity index (χ4n) is 2.54. The number of hydrogen-bond acceptors (Lipinski definition) is 7. The standard InChI is InChI=1S/C18H27N2O5PS/c1-3-4-5-6-7-8-15(21)11-16-9-10-24-26(25-16)12-14-13-27-17(19-14)20-18(22)23-2/h9-10,13,16H,3-8,11-12H2,1-2H3,(H,19,20,22). The Labute approximate surface area is 165 Å².